The Bertz CT molecular complexity index is 1630. The number of hydrogen-bond acceptors (Lipinski definition) is 9. The molecule has 252 valence electrons. The zero-order chi connectivity index (χ0) is 33.8. The maximum Gasteiger partial charge on any atom is 0.247 e. The first kappa shape index (κ1) is 35.2. The monoisotopic (exact) mass is 642 g/mol. The number of rotatable bonds is 14. The molecule has 1 saturated heterocycles. The number of anilines is 4. The van der Waals surface area contributed by atoms with E-state index in [-0.39, 0.29) is 5.91 Å². The van der Waals surface area contributed by atoms with Crippen LogP contribution in [0.25, 0.3) is 16.7 Å². The SMILES string of the molecule is C=CC(=O)Nc1cc(Nc2nccc(-n3nc(C)c4ccc(OC)cc43)n2)c(OC)cc1N(C)CCN1CCCC1.CCCCCC. The molecule has 11 nitrogen and oxygen atoms in total. The van der Waals surface area contributed by atoms with Gasteiger partial charge in [-0.25, -0.2) is 9.67 Å². The van der Waals surface area contributed by atoms with Crippen molar-refractivity contribution in [2.75, 3.05) is 63.0 Å². The van der Waals surface area contributed by atoms with Crippen LogP contribution in [0.3, 0.4) is 0 Å². The number of nitrogens with one attached hydrogen (secondary N) is 2. The molecule has 1 fully saturated rings. The topological polar surface area (TPSA) is 110 Å². The molecule has 0 unspecified atom stereocenters. The number of unbranched alkanes of at least 4 members (excludes halogenated alkanes) is 3. The van der Waals surface area contributed by atoms with Gasteiger partial charge >= 0.3 is 0 Å². The van der Waals surface area contributed by atoms with E-state index in [1.165, 1.54) is 44.6 Å². The Morgan fingerprint density at radius 1 is 1.04 bits per heavy atom. The Labute approximate surface area is 279 Å². The van der Waals surface area contributed by atoms with Crippen molar-refractivity contribution in [1.82, 2.24) is 24.6 Å². The lowest BCUT2D eigenvalue weighted by Crippen LogP contribution is -2.32. The van der Waals surface area contributed by atoms with Crippen LogP contribution in [-0.4, -0.2) is 78.0 Å². The van der Waals surface area contributed by atoms with Crippen LogP contribution in [0, 0.1) is 6.92 Å². The number of ether oxygens (including phenoxy) is 2. The number of aromatic nitrogens is 4. The summed E-state index contributed by atoms with van der Waals surface area (Å²) in [6.07, 6.45) is 10.9. The summed E-state index contributed by atoms with van der Waals surface area (Å²) >= 11 is 0. The average molecular weight is 643 g/mol. The molecule has 0 radical (unpaired) electrons. The fourth-order valence-electron chi connectivity index (χ4n) is 5.55. The van der Waals surface area contributed by atoms with Gasteiger partial charge < -0.3 is 29.9 Å². The van der Waals surface area contributed by atoms with Crippen LogP contribution in [0.15, 0.2) is 55.3 Å². The van der Waals surface area contributed by atoms with Crippen LogP contribution in [0.1, 0.15) is 58.1 Å². The number of nitrogens with zero attached hydrogens (tertiary/aromatic N) is 6. The van der Waals surface area contributed by atoms with Gasteiger partial charge in [-0.1, -0.05) is 46.1 Å². The zero-order valence-electron chi connectivity index (χ0n) is 28.8. The largest absolute Gasteiger partial charge is 0.497 e. The minimum absolute atomic E-state index is 0.301. The van der Waals surface area contributed by atoms with Gasteiger partial charge in [-0.2, -0.15) is 10.1 Å². The lowest BCUT2D eigenvalue weighted by molar-refractivity contribution is -0.111. The highest BCUT2D eigenvalue weighted by atomic mass is 16.5. The molecule has 0 aliphatic carbocycles. The first-order chi connectivity index (χ1) is 22.8. The predicted octanol–water partition coefficient (Wildman–Crippen LogP) is 7.13. The highest BCUT2D eigenvalue weighted by Gasteiger charge is 2.19. The summed E-state index contributed by atoms with van der Waals surface area (Å²) < 4.78 is 12.9. The summed E-state index contributed by atoms with van der Waals surface area (Å²) in [6.45, 7) is 14.0. The third-order valence-electron chi connectivity index (χ3n) is 8.26. The summed E-state index contributed by atoms with van der Waals surface area (Å²) in [5.41, 5.74) is 3.82. The molecular weight excluding hydrogens is 592 g/mol. The number of benzene rings is 2. The van der Waals surface area contributed by atoms with Gasteiger partial charge in [-0.15, -0.1) is 0 Å². The van der Waals surface area contributed by atoms with Gasteiger partial charge in [0.2, 0.25) is 11.9 Å². The van der Waals surface area contributed by atoms with E-state index in [1.54, 1.807) is 31.2 Å². The molecule has 0 bridgehead atoms. The van der Waals surface area contributed by atoms with Gasteiger partial charge in [0, 0.05) is 49.9 Å². The number of likely N-dealkylation sites (tertiary alicyclic amines) is 1. The van der Waals surface area contributed by atoms with Crippen molar-refractivity contribution in [2.45, 2.75) is 59.3 Å². The van der Waals surface area contributed by atoms with E-state index in [0.717, 1.165) is 54.2 Å². The molecule has 4 aromatic rings. The molecule has 1 amide bonds. The van der Waals surface area contributed by atoms with Gasteiger partial charge in [0.25, 0.3) is 0 Å². The average Bonchev–Trinajstić information content (AvgIpc) is 3.74. The molecule has 0 saturated carbocycles. The van der Waals surface area contributed by atoms with Crippen LogP contribution in [0.2, 0.25) is 0 Å². The van der Waals surface area contributed by atoms with Crippen molar-refractivity contribution in [3.8, 4) is 17.3 Å². The Morgan fingerprint density at radius 3 is 2.45 bits per heavy atom. The van der Waals surface area contributed by atoms with Crippen LogP contribution < -0.4 is 25.0 Å². The van der Waals surface area contributed by atoms with Crippen LogP contribution in [0.4, 0.5) is 23.0 Å². The number of hydrogen-bond donors (Lipinski definition) is 2. The molecule has 5 rings (SSSR count). The first-order valence-electron chi connectivity index (χ1n) is 16.5. The van der Waals surface area contributed by atoms with Crippen molar-refractivity contribution in [3.63, 3.8) is 0 Å². The molecule has 11 heteroatoms. The second-order valence-electron chi connectivity index (χ2n) is 11.7. The number of methoxy groups -OCH3 is 2. The summed E-state index contributed by atoms with van der Waals surface area (Å²) in [6, 6.07) is 11.4. The molecule has 0 spiro atoms. The number of likely N-dealkylation sites (N-methyl/N-ethyl adjacent to an activating group) is 1. The van der Waals surface area contributed by atoms with Crippen LogP contribution in [0.5, 0.6) is 11.5 Å². The minimum atomic E-state index is -0.301. The first-order valence-corrected chi connectivity index (χ1v) is 16.5. The molecular formula is C36H50N8O3. The number of fused-ring (bicyclic) bond motifs is 1. The molecule has 0 atom stereocenters. The summed E-state index contributed by atoms with van der Waals surface area (Å²) in [5, 5.41) is 11.9. The Hall–Kier alpha value is -4.64. The van der Waals surface area contributed by atoms with E-state index in [9.17, 15) is 4.79 Å². The molecule has 47 heavy (non-hydrogen) atoms. The number of carbonyl (C=O) groups excluding carboxylic acids is 1. The van der Waals surface area contributed by atoms with E-state index in [1.807, 2.05) is 44.3 Å². The molecule has 1 aliphatic rings. The fourth-order valence-corrected chi connectivity index (χ4v) is 5.55. The van der Waals surface area contributed by atoms with Crippen molar-refractivity contribution >= 4 is 39.8 Å². The van der Waals surface area contributed by atoms with Gasteiger partial charge in [0.15, 0.2) is 5.82 Å². The molecule has 2 aromatic carbocycles. The Kier molecular flexibility index (Phi) is 13.0. The second kappa shape index (κ2) is 17.3. The van der Waals surface area contributed by atoms with Gasteiger partial charge in [0.1, 0.15) is 11.5 Å². The minimum Gasteiger partial charge on any atom is -0.497 e. The van der Waals surface area contributed by atoms with E-state index < -0.39 is 0 Å². The normalized spacial score (nSPS) is 12.7. The number of carbonyl (C=O) groups is 1. The van der Waals surface area contributed by atoms with Crippen molar-refractivity contribution in [1.29, 1.82) is 0 Å². The van der Waals surface area contributed by atoms with E-state index in [0.29, 0.717) is 28.9 Å². The maximum absolute atomic E-state index is 12.4. The lowest BCUT2D eigenvalue weighted by atomic mass is 10.2. The van der Waals surface area contributed by atoms with E-state index in [4.69, 9.17) is 19.6 Å². The quantitative estimate of drug-likeness (QED) is 0.110. The number of aryl methyl sites for hydroxylation is 1. The van der Waals surface area contributed by atoms with Crippen molar-refractivity contribution in [3.05, 3.63) is 60.9 Å². The fraction of sp³-hybridized carbons (Fsp3) is 0.444. The lowest BCUT2D eigenvalue weighted by Gasteiger charge is -2.26. The van der Waals surface area contributed by atoms with Gasteiger partial charge in [-0.05, 0) is 57.1 Å². The second-order valence-corrected chi connectivity index (χ2v) is 11.7. The molecule has 3 heterocycles. The third-order valence-corrected chi connectivity index (χ3v) is 8.26. The van der Waals surface area contributed by atoms with Gasteiger partial charge in [0.05, 0.1) is 42.5 Å². The number of amides is 1. The van der Waals surface area contributed by atoms with E-state index in [2.05, 4.69) is 45.8 Å². The van der Waals surface area contributed by atoms with E-state index >= 15 is 0 Å². The van der Waals surface area contributed by atoms with Crippen molar-refractivity contribution < 1.29 is 14.3 Å². The smallest absolute Gasteiger partial charge is 0.247 e. The molecule has 2 aromatic heterocycles. The summed E-state index contributed by atoms with van der Waals surface area (Å²) in [5.74, 6) is 1.96. The maximum atomic E-state index is 12.4. The summed E-state index contributed by atoms with van der Waals surface area (Å²) in [7, 11) is 5.26. The van der Waals surface area contributed by atoms with Crippen LogP contribution >= 0.6 is 0 Å². The summed E-state index contributed by atoms with van der Waals surface area (Å²) in [4.78, 5) is 26.1. The standard InChI is InChI=1S/C30H36N8O3.C6H14/c1-6-29(39)32-23-18-24(27(41-5)19-26(23)36(3)15-16-37-13-7-8-14-37)33-30-31-12-11-28(34-30)38-25-17-21(40-4)9-10-22(25)20(2)35-38;1-3-5-6-4-2/h6,9-12,17-19H,1,7-8,13-16H2,2-5H3,(H,32,39)(H,31,33,34);3-6H2,1-2H3. The predicted molar refractivity (Wildman–Crippen MR) is 192 cm³/mol. The van der Waals surface area contributed by atoms with Crippen molar-refractivity contribution in [2.24, 2.45) is 0 Å². The molecule has 2 N–H and O–H groups in total. The van der Waals surface area contributed by atoms with Crippen LogP contribution in [-0.2, 0) is 4.79 Å². The molecule has 1 aliphatic heterocycles. The zero-order valence-corrected chi connectivity index (χ0v) is 28.8. The Balaban J connectivity index is 0.000000762. The Morgan fingerprint density at radius 2 is 1.79 bits per heavy atom. The highest BCUT2D eigenvalue weighted by molar-refractivity contribution is 6.02. The highest BCUT2D eigenvalue weighted by Crippen LogP contribution is 2.38. The van der Waals surface area contributed by atoms with Gasteiger partial charge in [-0.3, -0.25) is 4.79 Å². The third kappa shape index (κ3) is 9.22.